The van der Waals surface area contributed by atoms with E-state index in [-0.39, 0.29) is 24.0 Å². The number of aromatic hydroxyl groups is 1. The number of hydrogen-bond acceptors (Lipinski definition) is 4. The number of phenolic OH excluding ortho intramolecular Hbond substituents is 1. The van der Waals surface area contributed by atoms with E-state index in [4.69, 9.17) is 4.99 Å². The lowest BCUT2D eigenvalue weighted by Crippen LogP contribution is -2.32. The Morgan fingerprint density at radius 2 is 1.68 bits per heavy atom. The number of carbonyl (C=O) groups is 1. The topological polar surface area (TPSA) is 52.9 Å². The molecule has 4 nitrogen and oxygen atoms in total. The molecule has 0 amide bonds. The Hall–Kier alpha value is -3.40. The van der Waals surface area contributed by atoms with E-state index in [0.29, 0.717) is 12.1 Å². The monoisotopic (exact) mass is 368 g/mol. The highest BCUT2D eigenvalue weighted by atomic mass is 16.3. The van der Waals surface area contributed by atoms with Gasteiger partial charge in [-0.15, -0.1) is 0 Å². The van der Waals surface area contributed by atoms with Gasteiger partial charge in [0.25, 0.3) is 0 Å². The van der Waals surface area contributed by atoms with Gasteiger partial charge in [0.05, 0.1) is 24.6 Å². The van der Waals surface area contributed by atoms with Crippen LogP contribution in [0.1, 0.15) is 39.5 Å². The first-order chi connectivity index (χ1) is 13.7. The molecule has 138 valence electrons. The van der Waals surface area contributed by atoms with Crippen molar-refractivity contribution in [3.05, 3.63) is 95.1 Å². The van der Waals surface area contributed by atoms with Crippen LogP contribution in [0.25, 0.3) is 0 Å². The van der Waals surface area contributed by atoms with Crippen LogP contribution in [0.3, 0.4) is 0 Å². The van der Waals surface area contributed by atoms with E-state index in [1.54, 1.807) is 24.3 Å². The van der Waals surface area contributed by atoms with E-state index in [1.165, 1.54) is 16.7 Å². The molecule has 2 aliphatic rings. The van der Waals surface area contributed by atoms with Crippen molar-refractivity contribution in [3.8, 4) is 5.75 Å². The minimum Gasteiger partial charge on any atom is -0.507 e. The molecule has 1 N–H and O–H groups in total. The third kappa shape index (κ3) is 2.69. The molecule has 2 heterocycles. The van der Waals surface area contributed by atoms with Gasteiger partial charge in [-0.25, -0.2) is 0 Å². The molecular formula is C24H20N2O2. The average molecular weight is 368 g/mol. The fraction of sp³-hybridized carbons (Fsp3) is 0.167. The van der Waals surface area contributed by atoms with Gasteiger partial charge in [0.15, 0.2) is 5.78 Å². The largest absolute Gasteiger partial charge is 0.507 e. The van der Waals surface area contributed by atoms with Crippen molar-refractivity contribution in [2.75, 3.05) is 11.4 Å². The number of nitrogens with zero attached hydrogens (tertiary/aromatic N) is 2. The number of hydrogen-bond donors (Lipinski definition) is 1. The number of Topliss-reactive ketones (excluding diaryl/α,β-unsaturated/α-hetero) is 1. The molecule has 28 heavy (non-hydrogen) atoms. The van der Waals surface area contributed by atoms with E-state index in [1.807, 2.05) is 6.07 Å². The molecule has 4 heteroatoms. The summed E-state index contributed by atoms with van der Waals surface area (Å²) in [5, 5.41) is 10.0. The van der Waals surface area contributed by atoms with Crippen LogP contribution in [0.4, 0.5) is 5.69 Å². The second-order valence-electron chi connectivity index (χ2n) is 7.26. The molecule has 0 saturated heterocycles. The van der Waals surface area contributed by atoms with Crippen molar-refractivity contribution in [1.29, 1.82) is 0 Å². The van der Waals surface area contributed by atoms with Crippen LogP contribution in [0.2, 0.25) is 0 Å². The van der Waals surface area contributed by atoms with Crippen molar-refractivity contribution in [2.45, 2.75) is 18.9 Å². The van der Waals surface area contributed by atoms with Gasteiger partial charge in [-0.3, -0.25) is 9.79 Å². The summed E-state index contributed by atoms with van der Waals surface area (Å²) in [6.45, 7) is 0.634. The SMILES string of the molecule is O=C(CC1=NCC2c3ccccc3Cc3ccccc3N12)c1ccccc1O. The maximum absolute atomic E-state index is 12.9. The van der Waals surface area contributed by atoms with Crippen LogP contribution in [0, 0.1) is 0 Å². The number of para-hydroxylation sites is 2. The number of rotatable bonds is 3. The van der Waals surface area contributed by atoms with Crippen molar-refractivity contribution >= 4 is 17.3 Å². The van der Waals surface area contributed by atoms with Crippen molar-refractivity contribution in [2.24, 2.45) is 4.99 Å². The quantitative estimate of drug-likeness (QED) is 0.691. The van der Waals surface area contributed by atoms with Crippen LogP contribution < -0.4 is 4.90 Å². The Bertz CT molecular complexity index is 1100. The molecule has 0 radical (unpaired) electrons. The van der Waals surface area contributed by atoms with E-state index in [9.17, 15) is 9.90 Å². The van der Waals surface area contributed by atoms with Gasteiger partial charge in [0.2, 0.25) is 0 Å². The lowest BCUT2D eigenvalue weighted by molar-refractivity contribution is 0.0997. The number of ketones is 1. The van der Waals surface area contributed by atoms with E-state index < -0.39 is 0 Å². The summed E-state index contributed by atoms with van der Waals surface area (Å²) in [5.74, 6) is 0.666. The summed E-state index contributed by atoms with van der Waals surface area (Å²) >= 11 is 0. The number of amidine groups is 1. The van der Waals surface area contributed by atoms with Gasteiger partial charge in [0.1, 0.15) is 11.6 Å². The van der Waals surface area contributed by atoms with Crippen molar-refractivity contribution < 1.29 is 9.90 Å². The number of anilines is 1. The van der Waals surface area contributed by atoms with Crippen LogP contribution in [0.15, 0.2) is 77.8 Å². The summed E-state index contributed by atoms with van der Waals surface area (Å²) < 4.78 is 0. The first-order valence-corrected chi connectivity index (χ1v) is 9.52. The zero-order valence-electron chi connectivity index (χ0n) is 15.4. The predicted molar refractivity (Wildman–Crippen MR) is 110 cm³/mol. The Morgan fingerprint density at radius 1 is 0.964 bits per heavy atom. The molecule has 3 aromatic carbocycles. The van der Waals surface area contributed by atoms with E-state index in [2.05, 4.69) is 47.4 Å². The Morgan fingerprint density at radius 3 is 2.54 bits per heavy atom. The molecule has 0 fully saturated rings. The molecular weight excluding hydrogens is 348 g/mol. The molecule has 0 bridgehead atoms. The van der Waals surface area contributed by atoms with Gasteiger partial charge in [-0.05, 0) is 41.3 Å². The molecule has 0 aliphatic carbocycles. The number of aliphatic imine (C=N–C) groups is 1. The molecule has 0 saturated carbocycles. The van der Waals surface area contributed by atoms with Gasteiger partial charge in [-0.1, -0.05) is 54.6 Å². The Labute approximate surface area is 163 Å². The first-order valence-electron chi connectivity index (χ1n) is 9.52. The second-order valence-corrected chi connectivity index (χ2v) is 7.26. The minimum absolute atomic E-state index is 0.0178. The molecule has 5 rings (SSSR count). The summed E-state index contributed by atoms with van der Waals surface area (Å²) in [6.07, 6.45) is 1.05. The number of benzene rings is 3. The minimum atomic E-state index is -0.118. The summed E-state index contributed by atoms with van der Waals surface area (Å²) in [6, 6.07) is 23.6. The highest BCUT2D eigenvalue weighted by Crippen LogP contribution is 2.40. The molecule has 0 spiro atoms. The zero-order valence-corrected chi connectivity index (χ0v) is 15.4. The molecule has 2 aliphatic heterocycles. The standard InChI is InChI=1S/C24H20N2O2/c27-22-12-6-4-10-19(22)23(28)14-24-25-15-21-18-9-3-1-7-16(18)13-17-8-2-5-11-20(17)26(21)24/h1-12,21,27H,13-15H2. The second kappa shape index (κ2) is 6.64. The fourth-order valence-corrected chi connectivity index (χ4v) is 4.28. The predicted octanol–water partition coefficient (Wildman–Crippen LogP) is 4.53. The Balaban J connectivity index is 1.55. The van der Waals surface area contributed by atoms with Gasteiger partial charge in [0, 0.05) is 5.69 Å². The average Bonchev–Trinajstić information content (AvgIpc) is 3.05. The fourth-order valence-electron chi connectivity index (χ4n) is 4.28. The number of phenols is 1. The Kier molecular flexibility index (Phi) is 3.97. The van der Waals surface area contributed by atoms with E-state index >= 15 is 0 Å². The van der Waals surface area contributed by atoms with Gasteiger partial charge in [-0.2, -0.15) is 0 Å². The number of fused-ring (bicyclic) bond motifs is 5. The third-order valence-corrected chi connectivity index (χ3v) is 5.61. The molecule has 3 aromatic rings. The van der Waals surface area contributed by atoms with Crippen molar-refractivity contribution in [3.63, 3.8) is 0 Å². The van der Waals surface area contributed by atoms with Crippen LogP contribution >= 0.6 is 0 Å². The summed E-state index contributed by atoms with van der Waals surface area (Å²) in [4.78, 5) is 19.8. The van der Waals surface area contributed by atoms with Gasteiger partial charge < -0.3 is 10.0 Å². The normalized spacial score (nSPS) is 17.2. The zero-order chi connectivity index (χ0) is 19.1. The molecule has 1 unspecified atom stereocenters. The third-order valence-electron chi connectivity index (χ3n) is 5.61. The maximum Gasteiger partial charge on any atom is 0.174 e. The summed E-state index contributed by atoms with van der Waals surface area (Å²) in [7, 11) is 0. The highest BCUT2D eigenvalue weighted by molar-refractivity contribution is 6.16. The first kappa shape index (κ1) is 16.8. The lowest BCUT2D eigenvalue weighted by Gasteiger charge is -2.28. The number of carbonyl (C=O) groups excluding carboxylic acids is 1. The highest BCUT2D eigenvalue weighted by Gasteiger charge is 2.35. The van der Waals surface area contributed by atoms with Crippen molar-refractivity contribution in [1.82, 2.24) is 0 Å². The summed E-state index contributed by atoms with van der Waals surface area (Å²) in [5.41, 5.74) is 5.28. The lowest BCUT2D eigenvalue weighted by atomic mass is 9.97. The van der Waals surface area contributed by atoms with Gasteiger partial charge >= 0.3 is 0 Å². The molecule has 1 atom stereocenters. The van der Waals surface area contributed by atoms with E-state index in [0.717, 1.165) is 17.9 Å². The maximum atomic E-state index is 12.9. The molecule has 0 aromatic heterocycles. The van der Waals surface area contributed by atoms with Crippen LogP contribution in [0.5, 0.6) is 5.75 Å². The smallest absolute Gasteiger partial charge is 0.174 e. The van der Waals surface area contributed by atoms with Crippen LogP contribution in [-0.2, 0) is 6.42 Å². The van der Waals surface area contributed by atoms with Crippen LogP contribution in [-0.4, -0.2) is 23.3 Å².